The highest BCUT2D eigenvalue weighted by molar-refractivity contribution is 5.37. The maximum absolute atomic E-state index is 5.67. The molecule has 2 aromatic heterocycles. The zero-order chi connectivity index (χ0) is 12.4. The zero-order valence-electron chi connectivity index (χ0n) is 10.5. The van der Waals surface area contributed by atoms with E-state index in [9.17, 15) is 0 Å². The van der Waals surface area contributed by atoms with Gasteiger partial charge >= 0.3 is 0 Å². The van der Waals surface area contributed by atoms with Crippen LogP contribution in [-0.2, 0) is 19.3 Å². The van der Waals surface area contributed by atoms with Gasteiger partial charge in [-0.3, -0.25) is 4.57 Å². The van der Waals surface area contributed by atoms with Crippen molar-refractivity contribution in [2.75, 3.05) is 6.54 Å². The summed E-state index contributed by atoms with van der Waals surface area (Å²) < 4.78 is 2.15. The fourth-order valence-electron chi connectivity index (χ4n) is 2.65. The summed E-state index contributed by atoms with van der Waals surface area (Å²) in [5.41, 5.74) is 9.44. The van der Waals surface area contributed by atoms with Gasteiger partial charge in [0.2, 0.25) is 0 Å². The van der Waals surface area contributed by atoms with E-state index in [-0.39, 0.29) is 0 Å². The molecular weight excluding hydrogens is 224 g/mol. The Balaban J connectivity index is 2.07. The zero-order valence-corrected chi connectivity index (χ0v) is 10.5. The van der Waals surface area contributed by atoms with E-state index in [1.807, 2.05) is 18.6 Å². The maximum atomic E-state index is 5.67. The first kappa shape index (κ1) is 11.4. The van der Waals surface area contributed by atoms with Gasteiger partial charge in [-0.15, -0.1) is 0 Å². The molecule has 2 N–H and O–H groups in total. The monoisotopic (exact) mass is 242 g/mol. The van der Waals surface area contributed by atoms with Crippen LogP contribution >= 0.6 is 0 Å². The van der Waals surface area contributed by atoms with Crippen LogP contribution in [0.5, 0.6) is 0 Å². The van der Waals surface area contributed by atoms with E-state index in [1.54, 1.807) is 0 Å². The van der Waals surface area contributed by atoms with Crippen LogP contribution in [0.4, 0.5) is 0 Å². The molecule has 0 radical (unpaired) electrons. The second-order valence-electron chi connectivity index (χ2n) is 4.74. The Morgan fingerprint density at radius 3 is 3.00 bits per heavy atom. The number of aryl methyl sites for hydroxylation is 1. The molecule has 0 fully saturated rings. The van der Waals surface area contributed by atoms with E-state index in [4.69, 9.17) is 5.73 Å². The quantitative estimate of drug-likeness (QED) is 0.890. The molecule has 0 aliphatic heterocycles. The van der Waals surface area contributed by atoms with Crippen LogP contribution in [0.25, 0.3) is 5.82 Å². The topological polar surface area (TPSA) is 56.7 Å². The van der Waals surface area contributed by atoms with Gasteiger partial charge in [-0.25, -0.2) is 9.97 Å². The van der Waals surface area contributed by atoms with Crippen molar-refractivity contribution in [3.8, 4) is 5.82 Å². The van der Waals surface area contributed by atoms with Crippen molar-refractivity contribution in [1.82, 2.24) is 14.5 Å². The standard InChI is InChI=1S/C14H18N4/c15-8-7-11-4-3-9-16-14(11)18-10-17-12-5-1-2-6-13(12)18/h3-4,9-10H,1-2,5-8,15H2. The molecule has 2 aromatic rings. The van der Waals surface area contributed by atoms with Gasteiger partial charge in [0.1, 0.15) is 12.1 Å². The number of aromatic nitrogens is 3. The summed E-state index contributed by atoms with van der Waals surface area (Å²) in [4.78, 5) is 9.04. The van der Waals surface area contributed by atoms with Crippen LogP contribution in [0.1, 0.15) is 29.8 Å². The Bertz CT molecular complexity index is 544. The van der Waals surface area contributed by atoms with E-state index in [2.05, 4.69) is 20.6 Å². The number of nitrogens with two attached hydrogens (primary N) is 1. The lowest BCUT2D eigenvalue weighted by molar-refractivity contribution is 0.653. The molecule has 0 spiro atoms. The summed E-state index contributed by atoms with van der Waals surface area (Å²) in [5.74, 6) is 0.999. The van der Waals surface area contributed by atoms with Crippen LogP contribution in [0.15, 0.2) is 24.7 Å². The Kier molecular flexibility index (Phi) is 3.11. The molecular formula is C14H18N4. The molecule has 0 unspecified atom stereocenters. The molecule has 0 saturated heterocycles. The first-order valence-corrected chi connectivity index (χ1v) is 6.59. The molecule has 0 saturated carbocycles. The van der Waals surface area contributed by atoms with Crippen LogP contribution in [0, 0.1) is 0 Å². The lowest BCUT2D eigenvalue weighted by atomic mass is 10.0. The molecule has 0 bridgehead atoms. The summed E-state index contributed by atoms with van der Waals surface area (Å²) in [6.45, 7) is 0.648. The van der Waals surface area contributed by atoms with Crippen LogP contribution in [0.2, 0.25) is 0 Å². The molecule has 0 atom stereocenters. The predicted molar refractivity (Wildman–Crippen MR) is 70.8 cm³/mol. The van der Waals surface area contributed by atoms with Crippen molar-refractivity contribution in [3.63, 3.8) is 0 Å². The summed E-state index contributed by atoms with van der Waals surface area (Å²) in [5, 5.41) is 0. The smallest absolute Gasteiger partial charge is 0.141 e. The highest BCUT2D eigenvalue weighted by atomic mass is 15.1. The van der Waals surface area contributed by atoms with Crippen LogP contribution in [-0.4, -0.2) is 21.1 Å². The fourth-order valence-corrected chi connectivity index (χ4v) is 2.65. The van der Waals surface area contributed by atoms with E-state index >= 15 is 0 Å². The van der Waals surface area contributed by atoms with Gasteiger partial charge in [-0.05, 0) is 50.3 Å². The average molecular weight is 242 g/mol. The highest BCUT2D eigenvalue weighted by Crippen LogP contribution is 2.23. The van der Waals surface area contributed by atoms with E-state index in [0.717, 1.165) is 25.1 Å². The Hall–Kier alpha value is -1.68. The Labute approximate surface area is 107 Å². The van der Waals surface area contributed by atoms with Crippen LogP contribution in [0.3, 0.4) is 0 Å². The highest BCUT2D eigenvalue weighted by Gasteiger charge is 2.17. The van der Waals surface area contributed by atoms with Gasteiger partial charge in [0, 0.05) is 11.9 Å². The third-order valence-corrected chi connectivity index (χ3v) is 3.54. The van der Waals surface area contributed by atoms with E-state index < -0.39 is 0 Å². The first-order valence-electron chi connectivity index (χ1n) is 6.59. The number of rotatable bonds is 3. The van der Waals surface area contributed by atoms with Gasteiger partial charge in [0.15, 0.2) is 0 Å². The molecule has 4 nitrogen and oxygen atoms in total. The lowest BCUT2D eigenvalue weighted by Gasteiger charge is -2.15. The Morgan fingerprint density at radius 1 is 1.22 bits per heavy atom. The SMILES string of the molecule is NCCc1cccnc1-n1cnc2c1CCCC2. The first-order chi connectivity index (χ1) is 8.90. The summed E-state index contributed by atoms with van der Waals surface area (Å²) in [7, 11) is 0. The molecule has 1 aliphatic carbocycles. The van der Waals surface area contributed by atoms with Gasteiger partial charge < -0.3 is 5.73 Å². The number of fused-ring (bicyclic) bond motifs is 1. The number of nitrogens with zero attached hydrogens (tertiary/aromatic N) is 3. The van der Waals surface area contributed by atoms with Gasteiger partial charge in [-0.1, -0.05) is 6.07 Å². The molecule has 0 amide bonds. The minimum Gasteiger partial charge on any atom is -0.330 e. The minimum absolute atomic E-state index is 0.648. The largest absolute Gasteiger partial charge is 0.330 e. The molecule has 1 aliphatic rings. The number of pyridine rings is 1. The maximum Gasteiger partial charge on any atom is 0.141 e. The second-order valence-corrected chi connectivity index (χ2v) is 4.74. The minimum atomic E-state index is 0.648. The molecule has 3 rings (SSSR count). The van der Waals surface area contributed by atoms with E-state index in [0.29, 0.717) is 6.54 Å². The number of imidazole rings is 1. The summed E-state index contributed by atoms with van der Waals surface area (Å²) in [6, 6.07) is 4.07. The molecule has 94 valence electrons. The average Bonchev–Trinajstić information content (AvgIpc) is 2.84. The van der Waals surface area contributed by atoms with E-state index in [1.165, 1.54) is 29.8 Å². The van der Waals surface area contributed by atoms with Crippen molar-refractivity contribution in [1.29, 1.82) is 0 Å². The third kappa shape index (κ3) is 1.93. The summed E-state index contributed by atoms with van der Waals surface area (Å²) >= 11 is 0. The van der Waals surface area contributed by atoms with Crippen LogP contribution < -0.4 is 5.73 Å². The van der Waals surface area contributed by atoms with Crippen molar-refractivity contribution in [3.05, 3.63) is 41.6 Å². The Morgan fingerprint density at radius 2 is 2.11 bits per heavy atom. The van der Waals surface area contributed by atoms with Crippen molar-refractivity contribution >= 4 is 0 Å². The van der Waals surface area contributed by atoms with Crippen molar-refractivity contribution in [2.45, 2.75) is 32.1 Å². The third-order valence-electron chi connectivity index (χ3n) is 3.54. The van der Waals surface area contributed by atoms with Gasteiger partial charge in [-0.2, -0.15) is 0 Å². The van der Waals surface area contributed by atoms with Gasteiger partial charge in [0.25, 0.3) is 0 Å². The summed E-state index contributed by atoms with van der Waals surface area (Å²) in [6.07, 6.45) is 9.31. The normalized spacial score (nSPS) is 14.5. The fraction of sp³-hybridized carbons (Fsp3) is 0.429. The molecule has 0 aromatic carbocycles. The number of hydrogen-bond donors (Lipinski definition) is 1. The number of hydrogen-bond acceptors (Lipinski definition) is 3. The molecule has 4 heteroatoms. The van der Waals surface area contributed by atoms with Crippen molar-refractivity contribution < 1.29 is 0 Å². The van der Waals surface area contributed by atoms with Gasteiger partial charge in [0.05, 0.1) is 5.69 Å². The molecule has 2 heterocycles. The second kappa shape index (κ2) is 4.90. The molecule has 18 heavy (non-hydrogen) atoms. The van der Waals surface area contributed by atoms with Crippen molar-refractivity contribution in [2.24, 2.45) is 5.73 Å². The predicted octanol–water partition coefficient (Wildman–Crippen LogP) is 1.65. The lowest BCUT2D eigenvalue weighted by Crippen LogP contribution is -2.11.